The molecule has 0 atom stereocenters. The molecule has 3 N–H and O–H groups in total. The predicted molar refractivity (Wildman–Crippen MR) is 78.0 cm³/mol. The first kappa shape index (κ1) is 21.4. The fraction of sp³-hybridized carbons (Fsp3) is 0.357. The third kappa shape index (κ3) is 8.13. The SMILES string of the molecule is CN(C)CCNC(=O)c1ccccc1C(=O)O.O=C(O)C(F)(F)F. The van der Waals surface area contributed by atoms with Gasteiger partial charge in [-0.3, -0.25) is 4.79 Å². The van der Waals surface area contributed by atoms with Crippen LogP contribution in [0.5, 0.6) is 0 Å². The summed E-state index contributed by atoms with van der Waals surface area (Å²) in [7, 11) is 3.80. The molecule has 0 fully saturated rings. The molecule has 0 aliphatic rings. The number of aliphatic carboxylic acids is 1. The Kier molecular flexibility index (Phi) is 8.47. The highest BCUT2D eigenvalue weighted by molar-refractivity contribution is 6.04. The summed E-state index contributed by atoms with van der Waals surface area (Å²) < 4.78 is 31.7. The zero-order valence-corrected chi connectivity index (χ0v) is 12.9. The van der Waals surface area contributed by atoms with Crippen molar-refractivity contribution in [2.24, 2.45) is 0 Å². The standard InChI is InChI=1S/C12H16N2O3.C2HF3O2/c1-14(2)8-7-13-11(15)9-5-3-4-6-10(9)12(16)17;3-2(4,5)1(6)7/h3-6H,7-8H2,1-2H3,(H,13,15)(H,16,17);(H,6,7). The van der Waals surface area contributed by atoms with Crippen molar-refractivity contribution < 1.29 is 37.8 Å². The Morgan fingerprint density at radius 3 is 1.92 bits per heavy atom. The molecule has 0 spiro atoms. The van der Waals surface area contributed by atoms with Crippen LogP contribution in [0.15, 0.2) is 24.3 Å². The van der Waals surface area contributed by atoms with E-state index in [-0.39, 0.29) is 17.0 Å². The summed E-state index contributed by atoms with van der Waals surface area (Å²) >= 11 is 0. The van der Waals surface area contributed by atoms with Gasteiger partial charge in [0.05, 0.1) is 11.1 Å². The molecule has 24 heavy (non-hydrogen) atoms. The Labute approximate surface area is 135 Å². The monoisotopic (exact) mass is 350 g/mol. The van der Waals surface area contributed by atoms with Crippen molar-refractivity contribution in [2.75, 3.05) is 27.2 Å². The van der Waals surface area contributed by atoms with Crippen LogP contribution in [0.2, 0.25) is 0 Å². The van der Waals surface area contributed by atoms with Crippen LogP contribution in [0.25, 0.3) is 0 Å². The van der Waals surface area contributed by atoms with E-state index in [0.717, 1.165) is 0 Å². The predicted octanol–water partition coefficient (Wildman–Crippen LogP) is 1.31. The maximum absolute atomic E-state index is 11.8. The maximum atomic E-state index is 11.8. The van der Waals surface area contributed by atoms with Gasteiger partial charge in [-0.25, -0.2) is 9.59 Å². The van der Waals surface area contributed by atoms with E-state index >= 15 is 0 Å². The van der Waals surface area contributed by atoms with Crippen molar-refractivity contribution in [3.63, 3.8) is 0 Å². The summed E-state index contributed by atoms with van der Waals surface area (Å²) in [5.41, 5.74) is 0.216. The molecule has 0 saturated carbocycles. The average molecular weight is 350 g/mol. The van der Waals surface area contributed by atoms with Gasteiger partial charge in [0.2, 0.25) is 0 Å². The van der Waals surface area contributed by atoms with E-state index in [9.17, 15) is 22.8 Å². The Morgan fingerprint density at radius 1 is 1.08 bits per heavy atom. The second-order valence-corrected chi connectivity index (χ2v) is 4.71. The molecule has 1 amide bonds. The van der Waals surface area contributed by atoms with E-state index in [1.807, 2.05) is 19.0 Å². The highest BCUT2D eigenvalue weighted by Crippen LogP contribution is 2.13. The first-order valence-corrected chi connectivity index (χ1v) is 6.52. The topological polar surface area (TPSA) is 107 Å². The van der Waals surface area contributed by atoms with Gasteiger partial charge in [-0.15, -0.1) is 0 Å². The molecule has 0 heterocycles. The Bertz CT molecular complexity index is 588. The van der Waals surface area contributed by atoms with Crippen molar-refractivity contribution in [1.29, 1.82) is 0 Å². The van der Waals surface area contributed by atoms with Crippen molar-refractivity contribution in [1.82, 2.24) is 10.2 Å². The van der Waals surface area contributed by atoms with Gasteiger partial charge in [-0.1, -0.05) is 12.1 Å². The highest BCUT2D eigenvalue weighted by Gasteiger charge is 2.38. The molecule has 0 aromatic heterocycles. The molecule has 0 aliphatic carbocycles. The minimum Gasteiger partial charge on any atom is -0.478 e. The number of alkyl halides is 3. The number of nitrogens with one attached hydrogen (secondary N) is 1. The Morgan fingerprint density at radius 2 is 1.54 bits per heavy atom. The number of benzene rings is 1. The van der Waals surface area contributed by atoms with Crippen LogP contribution >= 0.6 is 0 Å². The summed E-state index contributed by atoms with van der Waals surface area (Å²) in [6.45, 7) is 1.20. The van der Waals surface area contributed by atoms with Crippen LogP contribution in [-0.2, 0) is 4.79 Å². The first-order chi connectivity index (χ1) is 11.0. The third-order valence-corrected chi connectivity index (χ3v) is 2.49. The first-order valence-electron chi connectivity index (χ1n) is 6.52. The lowest BCUT2D eigenvalue weighted by atomic mass is 10.1. The fourth-order valence-electron chi connectivity index (χ4n) is 1.36. The molecule has 1 aromatic carbocycles. The number of halogens is 3. The molecule has 1 rings (SSSR count). The number of rotatable bonds is 5. The lowest BCUT2D eigenvalue weighted by Gasteiger charge is -2.11. The molecule has 0 bridgehead atoms. The maximum Gasteiger partial charge on any atom is 0.490 e. The second-order valence-electron chi connectivity index (χ2n) is 4.71. The smallest absolute Gasteiger partial charge is 0.478 e. The largest absolute Gasteiger partial charge is 0.490 e. The highest BCUT2D eigenvalue weighted by atomic mass is 19.4. The number of hydrogen-bond donors (Lipinski definition) is 3. The van der Waals surface area contributed by atoms with E-state index in [1.54, 1.807) is 12.1 Å². The Hall–Kier alpha value is -2.62. The average Bonchev–Trinajstić information content (AvgIpc) is 2.46. The number of likely N-dealkylation sites (N-methyl/N-ethyl adjacent to an activating group) is 1. The van der Waals surface area contributed by atoms with Crippen LogP contribution in [0.3, 0.4) is 0 Å². The van der Waals surface area contributed by atoms with E-state index in [0.29, 0.717) is 13.1 Å². The van der Waals surface area contributed by atoms with E-state index in [2.05, 4.69) is 5.32 Å². The van der Waals surface area contributed by atoms with Gasteiger partial charge < -0.3 is 20.4 Å². The number of nitrogens with zero attached hydrogens (tertiary/aromatic N) is 1. The van der Waals surface area contributed by atoms with Gasteiger partial charge >= 0.3 is 18.1 Å². The summed E-state index contributed by atoms with van der Waals surface area (Å²) in [5, 5.41) is 18.7. The summed E-state index contributed by atoms with van der Waals surface area (Å²) in [4.78, 5) is 33.5. The van der Waals surface area contributed by atoms with Gasteiger partial charge in [-0.05, 0) is 26.2 Å². The third-order valence-electron chi connectivity index (χ3n) is 2.49. The number of carboxylic acid groups (broad SMARTS) is 2. The van der Waals surface area contributed by atoms with Gasteiger partial charge in [0.25, 0.3) is 5.91 Å². The van der Waals surface area contributed by atoms with Crippen LogP contribution in [0.4, 0.5) is 13.2 Å². The molecular weight excluding hydrogens is 333 g/mol. The summed E-state index contributed by atoms with van der Waals surface area (Å²) in [5.74, 6) is -4.21. The van der Waals surface area contributed by atoms with Gasteiger partial charge in [0.15, 0.2) is 0 Å². The lowest BCUT2D eigenvalue weighted by Crippen LogP contribution is -2.32. The zero-order valence-electron chi connectivity index (χ0n) is 12.9. The van der Waals surface area contributed by atoms with Gasteiger partial charge in [-0.2, -0.15) is 13.2 Å². The quantitative estimate of drug-likeness (QED) is 0.739. The number of carbonyl (C=O) groups is 3. The second kappa shape index (κ2) is 9.50. The van der Waals surface area contributed by atoms with Crippen molar-refractivity contribution in [2.45, 2.75) is 6.18 Å². The number of hydrogen-bond acceptors (Lipinski definition) is 4. The van der Waals surface area contributed by atoms with Crippen molar-refractivity contribution in [3.05, 3.63) is 35.4 Å². The van der Waals surface area contributed by atoms with Crippen LogP contribution in [-0.4, -0.2) is 66.3 Å². The van der Waals surface area contributed by atoms with Crippen LogP contribution in [0, 0.1) is 0 Å². The number of carbonyl (C=O) groups excluding carboxylic acids is 1. The minimum atomic E-state index is -5.08. The van der Waals surface area contributed by atoms with Crippen molar-refractivity contribution >= 4 is 17.8 Å². The molecule has 0 aliphatic heterocycles. The molecule has 7 nitrogen and oxygen atoms in total. The normalized spacial score (nSPS) is 10.6. The van der Waals surface area contributed by atoms with E-state index < -0.39 is 18.1 Å². The number of aromatic carboxylic acids is 1. The van der Waals surface area contributed by atoms with Crippen LogP contribution in [0.1, 0.15) is 20.7 Å². The lowest BCUT2D eigenvalue weighted by molar-refractivity contribution is -0.192. The van der Waals surface area contributed by atoms with E-state index in [4.69, 9.17) is 15.0 Å². The zero-order chi connectivity index (χ0) is 18.9. The molecule has 1 aromatic rings. The summed E-state index contributed by atoms with van der Waals surface area (Å²) in [6.07, 6.45) is -5.08. The Balaban J connectivity index is 0.000000640. The molecule has 0 radical (unpaired) electrons. The van der Waals surface area contributed by atoms with Crippen molar-refractivity contribution in [3.8, 4) is 0 Å². The fourth-order valence-corrected chi connectivity index (χ4v) is 1.36. The minimum absolute atomic E-state index is 0.0230. The number of amides is 1. The molecule has 0 unspecified atom stereocenters. The van der Waals surface area contributed by atoms with E-state index in [1.165, 1.54) is 12.1 Å². The number of carboxylic acids is 2. The van der Waals surface area contributed by atoms with Gasteiger partial charge in [0, 0.05) is 13.1 Å². The van der Waals surface area contributed by atoms with Crippen LogP contribution < -0.4 is 5.32 Å². The molecule has 0 saturated heterocycles. The van der Waals surface area contributed by atoms with Gasteiger partial charge in [0.1, 0.15) is 0 Å². The molecule has 134 valence electrons. The molecular formula is C14H17F3N2O5. The molecule has 10 heteroatoms. The summed E-state index contributed by atoms with van der Waals surface area (Å²) in [6, 6.07) is 6.17.